The topological polar surface area (TPSA) is 72.9 Å². The molecule has 2 aliphatic carbocycles. The zero-order valence-electron chi connectivity index (χ0n) is 22.7. The van der Waals surface area contributed by atoms with E-state index in [0.29, 0.717) is 25.8 Å². The molecule has 194 valence electrons. The van der Waals surface area contributed by atoms with Gasteiger partial charge >= 0.3 is 5.97 Å². The summed E-state index contributed by atoms with van der Waals surface area (Å²) < 4.78 is 12.0. The lowest BCUT2D eigenvalue weighted by molar-refractivity contribution is -0.163. The second-order valence-corrected chi connectivity index (χ2v) is 17.6. The number of hydrogen-bond donors (Lipinski definition) is 0. The van der Waals surface area contributed by atoms with Gasteiger partial charge in [-0.1, -0.05) is 52.0 Å². The van der Waals surface area contributed by atoms with E-state index in [0.717, 1.165) is 27.8 Å². The summed E-state index contributed by atoms with van der Waals surface area (Å²) in [5.41, 5.74) is 2.30. The third-order valence-corrected chi connectivity index (χ3v) is 14.8. The van der Waals surface area contributed by atoms with Crippen LogP contribution in [0, 0.1) is 5.41 Å². The average Bonchev–Trinajstić information content (AvgIpc) is 3.27. The van der Waals surface area contributed by atoms with E-state index in [1.165, 1.54) is 7.11 Å². The Bertz CT molecular complexity index is 1200. The lowest BCUT2D eigenvalue weighted by atomic mass is 9.51. The first-order chi connectivity index (χ1) is 16.7. The molecule has 2 saturated heterocycles. The molecular weight excluding hydrogens is 470 g/mol. The third kappa shape index (κ3) is 3.02. The molecule has 6 nitrogen and oxygen atoms in total. The zero-order valence-corrected chi connectivity index (χ0v) is 23.7. The van der Waals surface area contributed by atoms with Gasteiger partial charge in [0.25, 0.3) is 0 Å². The number of piperidine rings is 1. The summed E-state index contributed by atoms with van der Waals surface area (Å²) in [7, 11) is -0.757. The highest BCUT2D eigenvalue weighted by atomic mass is 28.4. The molecule has 1 aromatic carbocycles. The molecular formula is C29H39NO5Si. The predicted octanol–water partition coefficient (Wildman–Crippen LogP) is 4.91. The minimum atomic E-state index is -2.12. The second-order valence-electron chi connectivity index (χ2n) is 12.8. The number of ketones is 1. The van der Waals surface area contributed by atoms with E-state index >= 15 is 0 Å². The first-order valence-electron chi connectivity index (χ1n) is 13.1. The van der Waals surface area contributed by atoms with Crippen molar-refractivity contribution < 1.29 is 23.5 Å². The molecule has 1 amide bonds. The van der Waals surface area contributed by atoms with Gasteiger partial charge in [-0.25, -0.2) is 0 Å². The SMILES string of the molecule is C=C1CN2C(=O)[C@](CCO[Si](C)(C)C(C)(C)C)(C(=O)OC)[C@@]3(C)c4c(ccc5c4C(=O)CC5)[C@@H]1C[C@@H]23. The number of rotatable bonds is 5. The number of esters is 1. The van der Waals surface area contributed by atoms with Gasteiger partial charge in [-0.05, 0) is 54.1 Å². The highest BCUT2D eigenvalue weighted by Crippen LogP contribution is 2.65. The second kappa shape index (κ2) is 7.87. The van der Waals surface area contributed by atoms with Crippen LogP contribution in [0.3, 0.4) is 0 Å². The van der Waals surface area contributed by atoms with Gasteiger partial charge in [-0.15, -0.1) is 0 Å². The summed E-state index contributed by atoms with van der Waals surface area (Å²) in [5.74, 6) is -0.550. The monoisotopic (exact) mass is 509 g/mol. The number of carbonyl (C=O) groups is 3. The van der Waals surface area contributed by atoms with E-state index in [2.05, 4.69) is 52.6 Å². The molecule has 0 aromatic heterocycles. The van der Waals surface area contributed by atoms with Crippen LogP contribution in [0.5, 0.6) is 0 Å². The predicted molar refractivity (Wildman–Crippen MR) is 141 cm³/mol. The van der Waals surface area contributed by atoms with Crippen molar-refractivity contribution in [3.63, 3.8) is 0 Å². The molecule has 36 heavy (non-hydrogen) atoms. The smallest absolute Gasteiger partial charge is 0.322 e. The fourth-order valence-corrected chi connectivity index (χ4v) is 8.27. The molecule has 2 bridgehead atoms. The van der Waals surface area contributed by atoms with E-state index in [9.17, 15) is 14.4 Å². The molecule has 0 saturated carbocycles. The Morgan fingerprint density at radius 2 is 1.92 bits per heavy atom. The highest BCUT2D eigenvalue weighted by Gasteiger charge is 2.74. The number of Topliss-reactive ketones (excluding diaryl/α,β-unsaturated/α-hetero) is 1. The van der Waals surface area contributed by atoms with Crippen LogP contribution in [0.4, 0.5) is 0 Å². The van der Waals surface area contributed by atoms with Gasteiger partial charge in [0.05, 0.1) is 7.11 Å². The molecule has 4 atom stereocenters. The zero-order chi connectivity index (χ0) is 26.4. The number of ether oxygens (including phenoxy) is 1. The Balaban J connectivity index is 1.72. The Morgan fingerprint density at radius 3 is 2.56 bits per heavy atom. The number of benzene rings is 1. The number of carbonyl (C=O) groups excluding carboxylic acids is 3. The van der Waals surface area contributed by atoms with E-state index in [-0.39, 0.29) is 41.7 Å². The first-order valence-corrected chi connectivity index (χ1v) is 16.0. The Labute approximate surface area is 215 Å². The van der Waals surface area contributed by atoms with Crippen LogP contribution in [-0.4, -0.2) is 57.2 Å². The lowest BCUT2D eigenvalue weighted by Gasteiger charge is -2.52. The van der Waals surface area contributed by atoms with Crippen LogP contribution in [0.2, 0.25) is 18.1 Å². The summed E-state index contributed by atoms with van der Waals surface area (Å²) in [6, 6.07) is 4.00. The minimum absolute atomic E-state index is 0.00213. The summed E-state index contributed by atoms with van der Waals surface area (Å²) in [6.45, 7) is 18.0. The maximum absolute atomic E-state index is 14.4. The fraction of sp³-hybridized carbons (Fsp3) is 0.621. The van der Waals surface area contributed by atoms with E-state index in [1.807, 2.05) is 11.8 Å². The molecule has 1 aromatic rings. The van der Waals surface area contributed by atoms with Crippen molar-refractivity contribution >= 4 is 26.0 Å². The van der Waals surface area contributed by atoms with Crippen molar-refractivity contribution in [1.82, 2.24) is 4.90 Å². The fourth-order valence-electron chi connectivity index (χ4n) is 7.23. The number of methoxy groups -OCH3 is 1. The molecule has 5 rings (SSSR count). The largest absolute Gasteiger partial charge is 0.468 e. The quantitative estimate of drug-likeness (QED) is 0.244. The summed E-state index contributed by atoms with van der Waals surface area (Å²) in [4.78, 5) is 43.4. The van der Waals surface area contributed by atoms with Gasteiger partial charge in [0.2, 0.25) is 5.91 Å². The van der Waals surface area contributed by atoms with Gasteiger partial charge < -0.3 is 14.1 Å². The first kappa shape index (κ1) is 25.4. The molecule has 0 unspecified atom stereocenters. The Kier molecular flexibility index (Phi) is 5.55. The van der Waals surface area contributed by atoms with Crippen LogP contribution in [-0.2, 0) is 30.6 Å². The van der Waals surface area contributed by atoms with Crippen LogP contribution < -0.4 is 0 Å². The molecule has 2 heterocycles. The van der Waals surface area contributed by atoms with Gasteiger partial charge in [0.15, 0.2) is 19.5 Å². The molecule has 7 heteroatoms. The summed E-state index contributed by atoms with van der Waals surface area (Å²) in [5, 5.41) is 0.00213. The average molecular weight is 510 g/mol. The Morgan fingerprint density at radius 1 is 1.22 bits per heavy atom. The lowest BCUT2D eigenvalue weighted by Crippen LogP contribution is -2.57. The maximum Gasteiger partial charge on any atom is 0.322 e. The van der Waals surface area contributed by atoms with Gasteiger partial charge in [-0.3, -0.25) is 14.4 Å². The van der Waals surface area contributed by atoms with Crippen molar-refractivity contribution in [3.8, 4) is 0 Å². The normalized spacial score (nSPS) is 31.0. The standard InChI is InChI=1S/C29H39NO5Si/c1-17-16-30-22-15-20(17)19-11-9-18-10-12-21(31)23(18)24(19)28(22,5)29(25(30)32,26(33)34-6)13-14-35-36(7,8)27(2,3)4/h9,11,20,22H,1,10,12-16H2,2-8H3/t20-,22-,28-,29-/m1/s1. The third-order valence-electron chi connectivity index (χ3n) is 10.3. The minimum Gasteiger partial charge on any atom is -0.468 e. The molecule has 2 aliphatic heterocycles. The van der Waals surface area contributed by atoms with Crippen LogP contribution in [0.25, 0.3) is 0 Å². The van der Waals surface area contributed by atoms with Crippen molar-refractivity contribution in [3.05, 3.63) is 46.5 Å². The maximum atomic E-state index is 14.4. The number of amides is 1. The van der Waals surface area contributed by atoms with Gasteiger partial charge in [-0.2, -0.15) is 0 Å². The van der Waals surface area contributed by atoms with Crippen molar-refractivity contribution in [2.75, 3.05) is 20.3 Å². The number of aryl methyl sites for hydroxylation is 1. The van der Waals surface area contributed by atoms with Crippen LogP contribution in [0.1, 0.15) is 79.9 Å². The summed E-state index contributed by atoms with van der Waals surface area (Å²) >= 11 is 0. The van der Waals surface area contributed by atoms with E-state index in [1.54, 1.807) is 0 Å². The highest BCUT2D eigenvalue weighted by molar-refractivity contribution is 6.74. The molecule has 4 aliphatic rings. The van der Waals surface area contributed by atoms with Gasteiger partial charge in [0, 0.05) is 42.5 Å². The number of hydrogen-bond acceptors (Lipinski definition) is 5. The van der Waals surface area contributed by atoms with Crippen molar-refractivity contribution in [2.45, 2.75) is 88.9 Å². The van der Waals surface area contributed by atoms with E-state index in [4.69, 9.17) is 9.16 Å². The van der Waals surface area contributed by atoms with Crippen LogP contribution in [0.15, 0.2) is 24.3 Å². The molecule has 0 radical (unpaired) electrons. The summed E-state index contributed by atoms with van der Waals surface area (Å²) in [6.07, 6.45) is 2.10. The van der Waals surface area contributed by atoms with Crippen molar-refractivity contribution in [1.29, 1.82) is 0 Å². The molecule has 2 fully saturated rings. The Hall–Kier alpha value is -2.25. The molecule has 0 spiro atoms. The van der Waals surface area contributed by atoms with E-state index < -0.39 is 25.1 Å². The van der Waals surface area contributed by atoms with Crippen LogP contribution >= 0.6 is 0 Å². The number of nitrogens with zero attached hydrogens (tertiary/aromatic N) is 1. The van der Waals surface area contributed by atoms with Gasteiger partial charge in [0.1, 0.15) is 0 Å². The number of fused-ring (bicyclic) bond motifs is 6. The molecule has 0 N–H and O–H groups in total. The van der Waals surface area contributed by atoms with Crippen molar-refractivity contribution in [2.24, 2.45) is 5.41 Å².